The number of nitrogens with one attached hydrogen (secondary N) is 1. The summed E-state index contributed by atoms with van der Waals surface area (Å²) in [6.07, 6.45) is 4.24. The van der Waals surface area contributed by atoms with Gasteiger partial charge in [0.1, 0.15) is 4.90 Å². The van der Waals surface area contributed by atoms with Gasteiger partial charge in [0.25, 0.3) is 5.69 Å². The lowest BCUT2D eigenvalue weighted by atomic mass is 9.96. The molecule has 1 aromatic carbocycles. The zero-order valence-electron chi connectivity index (χ0n) is 11.2. The topological polar surface area (TPSA) is 115 Å². The Bertz CT molecular complexity index is 633. The summed E-state index contributed by atoms with van der Waals surface area (Å²) in [5.74, 6) is -1.22. The van der Waals surface area contributed by atoms with Crippen LogP contribution < -0.4 is 10.5 Å². The zero-order chi connectivity index (χ0) is 15.6. The number of non-ortho nitro benzene ring substituents is 1. The number of rotatable bonds is 4. The number of hydrogen-bond donors (Lipinski definition) is 2. The first-order valence-electron chi connectivity index (χ1n) is 6.57. The van der Waals surface area contributed by atoms with Gasteiger partial charge in [-0.2, -0.15) is 0 Å². The van der Waals surface area contributed by atoms with Crippen LogP contribution in [0.1, 0.15) is 32.1 Å². The molecule has 21 heavy (non-hydrogen) atoms. The highest BCUT2D eigenvalue weighted by Crippen LogP contribution is 2.28. The van der Waals surface area contributed by atoms with Crippen LogP contribution >= 0.6 is 0 Å². The van der Waals surface area contributed by atoms with Crippen LogP contribution in [0.5, 0.6) is 0 Å². The summed E-state index contributed by atoms with van der Waals surface area (Å²) >= 11 is 0. The molecular formula is C12H16FN3O4S. The fourth-order valence-electron chi connectivity index (χ4n) is 2.49. The smallest absolute Gasteiger partial charge is 0.274 e. The molecule has 116 valence electrons. The van der Waals surface area contributed by atoms with Gasteiger partial charge in [-0.25, -0.2) is 17.5 Å². The average Bonchev–Trinajstić information content (AvgIpc) is 2.37. The first-order chi connectivity index (χ1) is 9.81. The van der Waals surface area contributed by atoms with Gasteiger partial charge in [0.15, 0.2) is 5.82 Å². The molecule has 7 nitrogen and oxygen atoms in total. The lowest BCUT2D eigenvalue weighted by Gasteiger charge is -2.23. The van der Waals surface area contributed by atoms with Crippen molar-refractivity contribution in [2.45, 2.75) is 43.0 Å². The Labute approximate surface area is 121 Å². The van der Waals surface area contributed by atoms with Crippen LogP contribution in [0, 0.1) is 15.9 Å². The molecule has 0 heterocycles. The molecule has 0 radical (unpaired) electrons. The summed E-state index contributed by atoms with van der Waals surface area (Å²) in [7, 11) is -4.14. The van der Waals surface area contributed by atoms with E-state index in [-0.39, 0.29) is 6.04 Å². The van der Waals surface area contributed by atoms with Crippen molar-refractivity contribution in [1.29, 1.82) is 0 Å². The summed E-state index contributed by atoms with van der Waals surface area (Å²) in [5.41, 5.74) is 4.44. The fraction of sp³-hybridized carbons (Fsp3) is 0.500. The maximum atomic E-state index is 13.9. The molecule has 0 aliphatic heterocycles. The molecule has 0 unspecified atom stereocenters. The van der Waals surface area contributed by atoms with Gasteiger partial charge in [-0.3, -0.25) is 10.1 Å². The second kappa shape index (κ2) is 5.94. The maximum absolute atomic E-state index is 13.9. The van der Waals surface area contributed by atoms with Crippen molar-refractivity contribution >= 4 is 21.4 Å². The highest BCUT2D eigenvalue weighted by atomic mass is 32.2. The molecule has 1 aromatic rings. The zero-order valence-corrected chi connectivity index (χ0v) is 12.0. The Morgan fingerprint density at radius 3 is 2.43 bits per heavy atom. The average molecular weight is 317 g/mol. The molecule has 0 bridgehead atoms. The SMILES string of the molecule is Nc1cc([N+](=O)[O-])cc(F)c1S(=O)(=O)NC1CCCCC1. The molecule has 1 aliphatic carbocycles. The molecule has 2 rings (SSSR count). The summed E-state index contributed by atoms with van der Waals surface area (Å²) < 4.78 is 40.8. The Kier molecular flexibility index (Phi) is 4.43. The Morgan fingerprint density at radius 1 is 1.29 bits per heavy atom. The molecular weight excluding hydrogens is 301 g/mol. The minimum Gasteiger partial charge on any atom is -0.397 e. The number of halogens is 1. The van der Waals surface area contributed by atoms with Crippen molar-refractivity contribution < 1.29 is 17.7 Å². The Hall–Kier alpha value is -1.74. The van der Waals surface area contributed by atoms with E-state index in [0.29, 0.717) is 18.9 Å². The Morgan fingerprint density at radius 2 is 1.90 bits per heavy atom. The predicted octanol–water partition coefficient (Wildman–Crippen LogP) is 1.93. The number of nitrogens with zero attached hydrogens (tertiary/aromatic N) is 1. The molecule has 9 heteroatoms. The number of nitro benzene ring substituents is 1. The third kappa shape index (κ3) is 3.48. The normalized spacial score (nSPS) is 16.8. The van der Waals surface area contributed by atoms with Crippen molar-refractivity contribution in [2.75, 3.05) is 5.73 Å². The summed E-state index contributed by atoms with van der Waals surface area (Å²) in [4.78, 5) is 9.05. The van der Waals surface area contributed by atoms with Gasteiger partial charge >= 0.3 is 0 Å². The van der Waals surface area contributed by atoms with Gasteiger partial charge in [-0.05, 0) is 12.8 Å². The van der Waals surface area contributed by atoms with Gasteiger partial charge < -0.3 is 5.73 Å². The Balaban J connectivity index is 2.33. The van der Waals surface area contributed by atoms with Gasteiger partial charge in [-0.15, -0.1) is 0 Å². The van der Waals surface area contributed by atoms with Crippen molar-refractivity contribution in [3.63, 3.8) is 0 Å². The third-order valence-electron chi connectivity index (χ3n) is 3.46. The molecule has 0 saturated heterocycles. The predicted molar refractivity (Wildman–Crippen MR) is 74.7 cm³/mol. The monoisotopic (exact) mass is 317 g/mol. The minimum atomic E-state index is -4.14. The molecule has 3 N–H and O–H groups in total. The standard InChI is InChI=1S/C12H16FN3O4S/c13-10-6-9(16(17)18)7-11(14)12(10)21(19,20)15-8-4-2-1-3-5-8/h6-8,15H,1-5,14H2. The van der Waals surface area contributed by atoms with Crippen LogP contribution in [0.25, 0.3) is 0 Å². The lowest BCUT2D eigenvalue weighted by Crippen LogP contribution is -2.36. The van der Waals surface area contributed by atoms with E-state index in [1.54, 1.807) is 0 Å². The number of nitrogen functional groups attached to an aromatic ring is 1. The highest BCUT2D eigenvalue weighted by Gasteiger charge is 2.28. The summed E-state index contributed by atoms with van der Waals surface area (Å²) in [5, 5.41) is 10.6. The summed E-state index contributed by atoms with van der Waals surface area (Å²) in [6.45, 7) is 0. The molecule has 0 spiro atoms. The van der Waals surface area contributed by atoms with E-state index in [4.69, 9.17) is 5.73 Å². The largest absolute Gasteiger partial charge is 0.397 e. The molecule has 1 fully saturated rings. The van der Waals surface area contributed by atoms with E-state index in [1.807, 2.05) is 0 Å². The number of nitro groups is 1. The summed E-state index contributed by atoms with van der Waals surface area (Å²) in [6, 6.07) is 1.15. The van der Waals surface area contributed by atoms with Crippen molar-refractivity contribution in [3.8, 4) is 0 Å². The first-order valence-corrected chi connectivity index (χ1v) is 8.05. The first kappa shape index (κ1) is 15.6. The van der Waals surface area contributed by atoms with Crippen LogP contribution in [0.4, 0.5) is 15.8 Å². The van der Waals surface area contributed by atoms with E-state index in [2.05, 4.69) is 4.72 Å². The number of benzene rings is 1. The van der Waals surface area contributed by atoms with Crippen molar-refractivity contribution in [1.82, 2.24) is 4.72 Å². The molecule has 0 amide bonds. The van der Waals surface area contributed by atoms with Crippen LogP contribution in [-0.4, -0.2) is 19.4 Å². The second-order valence-electron chi connectivity index (χ2n) is 5.06. The van der Waals surface area contributed by atoms with Crippen molar-refractivity contribution in [3.05, 3.63) is 28.1 Å². The lowest BCUT2D eigenvalue weighted by molar-refractivity contribution is -0.385. The third-order valence-corrected chi connectivity index (χ3v) is 5.08. The van der Waals surface area contributed by atoms with E-state index >= 15 is 0 Å². The van der Waals surface area contributed by atoms with E-state index < -0.39 is 37.0 Å². The van der Waals surface area contributed by atoms with E-state index in [1.165, 1.54) is 0 Å². The molecule has 1 saturated carbocycles. The van der Waals surface area contributed by atoms with Gasteiger partial charge in [0, 0.05) is 12.1 Å². The van der Waals surface area contributed by atoms with Crippen LogP contribution in [0.3, 0.4) is 0 Å². The fourth-order valence-corrected chi connectivity index (χ4v) is 3.96. The van der Waals surface area contributed by atoms with Gasteiger partial charge in [0.05, 0.1) is 16.7 Å². The van der Waals surface area contributed by atoms with Crippen molar-refractivity contribution in [2.24, 2.45) is 0 Å². The molecule has 1 aliphatic rings. The van der Waals surface area contributed by atoms with E-state index in [0.717, 1.165) is 25.3 Å². The minimum absolute atomic E-state index is 0.252. The molecule has 0 atom stereocenters. The molecule has 0 aromatic heterocycles. The number of sulfonamides is 1. The van der Waals surface area contributed by atoms with Crippen LogP contribution in [-0.2, 0) is 10.0 Å². The number of hydrogen-bond acceptors (Lipinski definition) is 5. The number of nitrogens with two attached hydrogens (primary N) is 1. The van der Waals surface area contributed by atoms with Gasteiger partial charge in [0.2, 0.25) is 10.0 Å². The van der Waals surface area contributed by atoms with Gasteiger partial charge in [-0.1, -0.05) is 19.3 Å². The van der Waals surface area contributed by atoms with E-state index in [9.17, 15) is 22.9 Å². The highest BCUT2D eigenvalue weighted by molar-refractivity contribution is 7.89. The number of anilines is 1. The van der Waals surface area contributed by atoms with Crippen LogP contribution in [0.2, 0.25) is 0 Å². The second-order valence-corrected chi connectivity index (χ2v) is 6.71. The maximum Gasteiger partial charge on any atom is 0.274 e. The quantitative estimate of drug-likeness (QED) is 0.500. The van der Waals surface area contributed by atoms with Crippen LogP contribution in [0.15, 0.2) is 17.0 Å².